The van der Waals surface area contributed by atoms with Crippen LogP contribution in [0, 0.1) is 12.7 Å². The lowest BCUT2D eigenvalue weighted by Gasteiger charge is -2.38. The van der Waals surface area contributed by atoms with Crippen molar-refractivity contribution in [3.63, 3.8) is 0 Å². The molecule has 0 unspecified atom stereocenters. The molecule has 0 amide bonds. The molecule has 1 fully saturated rings. The summed E-state index contributed by atoms with van der Waals surface area (Å²) in [5.74, 6) is -0.795. The van der Waals surface area contributed by atoms with E-state index in [-0.39, 0.29) is 18.8 Å². The number of hydrogen-bond acceptors (Lipinski definition) is 3. The van der Waals surface area contributed by atoms with Gasteiger partial charge >= 0.3 is 6.18 Å². The fourth-order valence-corrected chi connectivity index (χ4v) is 3.68. The van der Waals surface area contributed by atoms with Crippen LogP contribution in [0.15, 0.2) is 23.1 Å². The van der Waals surface area contributed by atoms with E-state index in [1.807, 2.05) is 0 Å². The Labute approximate surface area is 125 Å². The summed E-state index contributed by atoms with van der Waals surface area (Å²) < 4.78 is 84.5. The van der Waals surface area contributed by atoms with Gasteiger partial charge in [0.05, 0.1) is 4.90 Å². The molecule has 1 heterocycles. The van der Waals surface area contributed by atoms with E-state index in [2.05, 4.69) is 0 Å². The third-order valence-electron chi connectivity index (χ3n) is 3.67. The predicted molar refractivity (Wildman–Crippen MR) is 70.3 cm³/mol. The van der Waals surface area contributed by atoms with E-state index < -0.39 is 45.3 Å². The summed E-state index contributed by atoms with van der Waals surface area (Å²) >= 11 is 0. The van der Waals surface area contributed by atoms with Crippen LogP contribution in [0.25, 0.3) is 0 Å². The molecule has 0 spiro atoms. The van der Waals surface area contributed by atoms with E-state index in [1.54, 1.807) is 4.72 Å². The first-order valence-electron chi connectivity index (χ1n) is 6.52. The fourth-order valence-electron chi connectivity index (χ4n) is 2.22. The van der Waals surface area contributed by atoms with E-state index in [4.69, 9.17) is 4.74 Å². The van der Waals surface area contributed by atoms with Crippen molar-refractivity contribution in [1.82, 2.24) is 4.72 Å². The zero-order valence-electron chi connectivity index (χ0n) is 11.7. The Bertz CT molecular complexity index is 652. The van der Waals surface area contributed by atoms with Crippen LogP contribution in [0.5, 0.6) is 0 Å². The molecule has 0 bridgehead atoms. The fraction of sp³-hybridized carbons (Fsp3) is 0.538. The van der Waals surface area contributed by atoms with Gasteiger partial charge in [-0.15, -0.1) is 0 Å². The van der Waals surface area contributed by atoms with E-state index >= 15 is 0 Å². The summed E-state index contributed by atoms with van der Waals surface area (Å²) in [5.41, 5.74) is -2.39. The van der Waals surface area contributed by atoms with Gasteiger partial charge in [-0.25, -0.2) is 12.8 Å². The van der Waals surface area contributed by atoms with Gasteiger partial charge in [0.1, 0.15) is 11.4 Å². The van der Waals surface area contributed by atoms with E-state index in [0.717, 1.165) is 6.07 Å². The highest BCUT2D eigenvalue weighted by Gasteiger charge is 2.57. The number of halogens is 4. The lowest BCUT2D eigenvalue weighted by molar-refractivity contribution is -0.210. The number of benzene rings is 1. The standard InChI is InChI=1S/C13H15F4NO3S/c1-9-2-3-10(8-11(9)14)22(19,20)18-12(13(15,16)17)4-6-21-7-5-12/h2-3,8,18H,4-7H2,1H3. The molecule has 9 heteroatoms. The van der Waals surface area contributed by atoms with Gasteiger partial charge in [-0.05, 0) is 37.5 Å². The van der Waals surface area contributed by atoms with Crippen molar-refractivity contribution < 1.29 is 30.7 Å². The molecule has 22 heavy (non-hydrogen) atoms. The SMILES string of the molecule is Cc1ccc(S(=O)(=O)NC2(C(F)(F)F)CCOCC2)cc1F. The molecule has 1 aromatic carbocycles. The van der Waals surface area contributed by atoms with Gasteiger partial charge in [0, 0.05) is 13.2 Å². The van der Waals surface area contributed by atoms with Crippen molar-refractivity contribution >= 4 is 10.0 Å². The number of hydrogen-bond donors (Lipinski definition) is 1. The van der Waals surface area contributed by atoms with Crippen LogP contribution in [-0.2, 0) is 14.8 Å². The van der Waals surface area contributed by atoms with Crippen LogP contribution in [0.2, 0.25) is 0 Å². The third-order valence-corrected chi connectivity index (χ3v) is 5.21. The van der Waals surface area contributed by atoms with Crippen molar-refractivity contribution in [3.8, 4) is 0 Å². The summed E-state index contributed by atoms with van der Waals surface area (Å²) in [7, 11) is -4.51. The zero-order valence-corrected chi connectivity index (χ0v) is 12.5. The Kier molecular flexibility index (Phi) is 4.51. The maximum Gasteiger partial charge on any atom is 0.407 e. The highest BCUT2D eigenvalue weighted by atomic mass is 32.2. The first kappa shape index (κ1) is 17.2. The first-order valence-corrected chi connectivity index (χ1v) is 8.00. The Morgan fingerprint density at radius 1 is 1.23 bits per heavy atom. The average Bonchev–Trinajstić information content (AvgIpc) is 2.41. The van der Waals surface area contributed by atoms with Crippen LogP contribution in [0.4, 0.5) is 17.6 Å². The second kappa shape index (κ2) is 5.78. The molecule has 124 valence electrons. The molecule has 0 radical (unpaired) electrons. The van der Waals surface area contributed by atoms with Gasteiger partial charge in [0.2, 0.25) is 10.0 Å². The Morgan fingerprint density at radius 2 is 1.82 bits per heavy atom. The maximum atomic E-state index is 13.5. The monoisotopic (exact) mass is 341 g/mol. The molecule has 4 nitrogen and oxygen atoms in total. The highest BCUT2D eigenvalue weighted by Crippen LogP contribution is 2.39. The van der Waals surface area contributed by atoms with Crippen molar-refractivity contribution in [3.05, 3.63) is 29.6 Å². The molecule has 0 atom stereocenters. The molecule has 2 rings (SSSR count). The molecule has 1 aliphatic heterocycles. The number of aryl methyl sites for hydroxylation is 1. The molecule has 0 aromatic heterocycles. The van der Waals surface area contributed by atoms with E-state index in [0.29, 0.717) is 6.07 Å². The molecule has 0 aliphatic carbocycles. The van der Waals surface area contributed by atoms with E-state index in [9.17, 15) is 26.0 Å². The molecule has 1 aliphatic rings. The van der Waals surface area contributed by atoms with E-state index in [1.165, 1.54) is 13.0 Å². The largest absolute Gasteiger partial charge is 0.407 e. The van der Waals surface area contributed by atoms with Crippen LogP contribution in [0.1, 0.15) is 18.4 Å². The van der Waals surface area contributed by atoms with Crippen molar-refractivity contribution in [2.75, 3.05) is 13.2 Å². The summed E-state index contributed by atoms with van der Waals surface area (Å²) in [6, 6.07) is 2.99. The van der Waals surface area contributed by atoms with Crippen LogP contribution in [-0.4, -0.2) is 33.3 Å². The van der Waals surface area contributed by atoms with Gasteiger partial charge < -0.3 is 4.74 Å². The van der Waals surface area contributed by atoms with Gasteiger partial charge in [-0.2, -0.15) is 17.9 Å². The Hall–Kier alpha value is -1.19. The van der Waals surface area contributed by atoms with Crippen LogP contribution in [0.3, 0.4) is 0 Å². The Balaban J connectivity index is 2.38. The number of alkyl halides is 3. The summed E-state index contributed by atoms with van der Waals surface area (Å²) in [6.07, 6.45) is -5.82. The Morgan fingerprint density at radius 3 is 2.32 bits per heavy atom. The van der Waals surface area contributed by atoms with Gasteiger partial charge in [-0.3, -0.25) is 0 Å². The van der Waals surface area contributed by atoms with Gasteiger partial charge in [0.15, 0.2) is 0 Å². The predicted octanol–water partition coefficient (Wildman–Crippen LogP) is 2.52. The number of nitrogens with one attached hydrogen (secondary N) is 1. The average molecular weight is 341 g/mol. The second-order valence-electron chi connectivity index (χ2n) is 5.21. The van der Waals surface area contributed by atoms with Crippen molar-refractivity contribution in [2.45, 2.75) is 36.4 Å². The van der Waals surface area contributed by atoms with Crippen molar-refractivity contribution in [2.24, 2.45) is 0 Å². The summed E-state index contributed by atoms with van der Waals surface area (Å²) in [4.78, 5) is -0.536. The van der Waals surface area contributed by atoms with Gasteiger partial charge in [-0.1, -0.05) is 6.07 Å². The number of sulfonamides is 1. The quantitative estimate of drug-likeness (QED) is 0.860. The number of rotatable bonds is 3. The first-order chi connectivity index (χ1) is 10.1. The highest BCUT2D eigenvalue weighted by molar-refractivity contribution is 7.89. The summed E-state index contributed by atoms with van der Waals surface area (Å²) in [5, 5.41) is 0. The molecular formula is C13H15F4NO3S. The normalized spacial score (nSPS) is 19.1. The van der Waals surface area contributed by atoms with Gasteiger partial charge in [0.25, 0.3) is 0 Å². The molecule has 1 N–H and O–H groups in total. The zero-order chi connectivity index (χ0) is 16.6. The molecule has 1 saturated heterocycles. The third kappa shape index (κ3) is 3.26. The number of ether oxygens (including phenoxy) is 1. The maximum absolute atomic E-state index is 13.5. The minimum atomic E-state index is -4.77. The topological polar surface area (TPSA) is 55.4 Å². The van der Waals surface area contributed by atoms with Crippen LogP contribution >= 0.6 is 0 Å². The minimum absolute atomic E-state index is 0.204. The van der Waals surface area contributed by atoms with Crippen LogP contribution < -0.4 is 4.72 Å². The molecular weight excluding hydrogens is 326 g/mol. The lowest BCUT2D eigenvalue weighted by Crippen LogP contribution is -2.61. The van der Waals surface area contributed by atoms with Crippen molar-refractivity contribution in [1.29, 1.82) is 0 Å². The second-order valence-corrected chi connectivity index (χ2v) is 6.89. The lowest BCUT2D eigenvalue weighted by atomic mass is 9.91. The summed E-state index contributed by atoms with van der Waals surface area (Å²) in [6.45, 7) is 1.02. The molecule has 0 saturated carbocycles. The minimum Gasteiger partial charge on any atom is -0.381 e. The molecule has 1 aromatic rings. The smallest absolute Gasteiger partial charge is 0.381 e.